The highest BCUT2D eigenvalue weighted by molar-refractivity contribution is 6.07. The quantitative estimate of drug-likeness (QED) is 0.0876. The van der Waals surface area contributed by atoms with E-state index < -0.39 is 0 Å². The maximum absolute atomic E-state index is 13.1. The molecule has 0 radical (unpaired) electrons. The van der Waals surface area contributed by atoms with E-state index in [1.807, 2.05) is 56.3 Å². The van der Waals surface area contributed by atoms with Crippen molar-refractivity contribution < 1.29 is 19.0 Å². The van der Waals surface area contributed by atoms with Crippen molar-refractivity contribution in [2.24, 2.45) is 19.1 Å². The molecule has 0 aliphatic carbocycles. The number of aryl methyl sites for hydroxylation is 2. The van der Waals surface area contributed by atoms with Crippen molar-refractivity contribution in [1.82, 2.24) is 30.1 Å². The number of amidine groups is 1. The van der Waals surface area contributed by atoms with Gasteiger partial charge in [-0.25, -0.2) is 4.63 Å². The number of nitrogens with zero attached hydrogens (tertiary/aromatic N) is 5. The highest BCUT2D eigenvalue weighted by atomic mass is 16.6. The molecule has 0 saturated carbocycles. The maximum atomic E-state index is 13.1. The van der Waals surface area contributed by atoms with E-state index in [9.17, 15) is 14.4 Å². The Bertz CT molecular complexity index is 1950. The van der Waals surface area contributed by atoms with Gasteiger partial charge in [0.25, 0.3) is 17.7 Å². The predicted molar refractivity (Wildman–Crippen MR) is 183 cm³/mol. The van der Waals surface area contributed by atoms with Crippen LogP contribution in [0.4, 0.5) is 11.4 Å². The monoisotopic (exact) mass is 635 g/mol. The van der Waals surface area contributed by atoms with Crippen LogP contribution in [0.15, 0.2) is 76.6 Å². The fraction of sp³-hybridized carbons (Fsp3) is 0.235. The van der Waals surface area contributed by atoms with Crippen LogP contribution in [0.2, 0.25) is 0 Å². The number of aromatic nitrogens is 4. The number of carbonyl (C=O) groups excluding carboxylic acids is 3. The summed E-state index contributed by atoms with van der Waals surface area (Å²) in [7, 11) is 3.46. The summed E-state index contributed by atoms with van der Waals surface area (Å²) < 4.78 is 8.02. The van der Waals surface area contributed by atoms with Crippen molar-refractivity contribution >= 4 is 58.1 Å². The number of fused-ring (bicyclic) bond motifs is 1. The number of nitrogens with one attached hydrogen (secondary N) is 4. The largest absolute Gasteiger partial charge is 0.374 e. The van der Waals surface area contributed by atoms with E-state index in [2.05, 4.69) is 36.6 Å². The molecule has 5 rings (SSSR count). The summed E-state index contributed by atoms with van der Waals surface area (Å²) in [5.74, 6) is -0.0890. The second-order valence-electron chi connectivity index (χ2n) is 10.8. The Labute approximate surface area is 271 Å². The lowest BCUT2D eigenvalue weighted by Crippen LogP contribution is -2.31. The molecule has 5 aromatic rings. The van der Waals surface area contributed by atoms with Crippen LogP contribution in [0.25, 0.3) is 23.2 Å². The summed E-state index contributed by atoms with van der Waals surface area (Å²) >= 11 is 0. The molecule has 0 spiro atoms. The van der Waals surface area contributed by atoms with E-state index in [0.29, 0.717) is 58.9 Å². The van der Waals surface area contributed by atoms with Gasteiger partial charge in [-0.2, -0.15) is 0 Å². The standard InChI is InChI=1S/C34H37N9O4/c1-5-35-31(36-6-2)15-16-37-33(45)29-18-26(21-42(29)3)39-34(46)30-19-25(20-43(30)4)38-32(44)24-12-9-22(10-13-24)7-8-23-11-14-27-28(17-23)41-47-40-27/h7-14,17-21H,5-6,15-16H2,1-4H3,(H,35,36)(H,37,45)(H,38,44)(H,39,46)/b8-7+. The second-order valence-corrected chi connectivity index (χ2v) is 10.8. The average molecular weight is 636 g/mol. The van der Waals surface area contributed by atoms with Crippen LogP contribution in [-0.2, 0) is 14.1 Å². The zero-order chi connectivity index (χ0) is 33.3. The molecule has 0 aliphatic rings. The smallest absolute Gasteiger partial charge is 0.272 e. The zero-order valence-corrected chi connectivity index (χ0v) is 26.7. The lowest BCUT2D eigenvalue weighted by molar-refractivity contribution is 0.0945. The van der Waals surface area contributed by atoms with Gasteiger partial charge in [0.15, 0.2) is 0 Å². The van der Waals surface area contributed by atoms with Gasteiger partial charge >= 0.3 is 0 Å². The van der Waals surface area contributed by atoms with E-state index in [1.54, 1.807) is 59.9 Å². The minimum Gasteiger partial charge on any atom is -0.374 e. The number of rotatable bonds is 12. The summed E-state index contributed by atoms with van der Waals surface area (Å²) in [4.78, 5) is 43.3. The number of hydrogen-bond donors (Lipinski definition) is 4. The third-order valence-electron chi connectivity index (χ3n) is 7.29. The summed E-state index contributed by atoms with van der Waals surface area (Å²) in [5, 5.41) is 19.5. The van der Waals surface area contributed by atoms with Crippen LogP contribution >= 0.6 is 0 Å². The number of aliphatic imine (C=N–C) groups is 1. The molecule has 13 heteroatoms. The number of carbonyl (C=O) groups is 3. The lowest BCUT2D eigenvalue weighted by atomic mass is 10.1. The normalized spacial score (nSPS) is 11.6. The van der Waals surface area contributed by atoms with Crippen molar-refractivity contribution in [1.29, 1.82) is 0 Å². The average Bonchev–Trinajstić information content (AvgIpc) is 3.78. The van der Waals surface area contributed by atoms with Gasteiger partial charge in [0.1, 0.15) is 22.4 Å². The van der Waals surface area contributed by atoms with Gasteiger partial charge in [0, 0.05) is 58.1 Å². The van der Waals surface area contributed by atoms with Crippen molar-refractivity contribution in [2.45, 2.75) is 20.3 Å². The van der Waals surface area contributed by atoms with Gasteiger partial charge < -0.3 is 30.4 Å². The molecule has 4 N–H and O–H groups in total. The van der Waals surface area contributed by atoms with E-state index >= 15 is 0 Å². The van der Waals surface area contributed by atoms with Crippen molar-refractivity contribution in [3.8, 4) is 0 Å². The van der Waals surface area contributed by atoms with E-state index in [-0.39, 0.29) is 17.7 Å². The Morgan fingerprint density at radius 3 is 2.06 bits per heavy atom. The van der Waals surface area contributed by atoms with Crippen LogP contribution in [-0.4, -0.2) is 62.6 Å². The number of anilines is 2. The first kappa shape index (κ1) is 32.4. The fourth-order valence-corrected chi connectivity index (χ4v) is 4.96. The third-order valence-corrected chi connectivity index (χ3v) is 7.29. The molecule has 0 unspecified atom stereocenters. The topological polar surface area (TPSA) is 160 Å². The van der Waals surface area contributed by atoms with Crippen LogP contribution in [0.1, 0.15) is 62.7 Å². The third kappa shape index (κ3) is 8.19. The molecule has 3 amide bonds. The molecule has 0 aliphatic heterocycles. The maximum Gasteiger partial charge on any atom is 0.272 e. The van der Waals surface area contributed by atoms with Gasteiger partial charge in [-0.15, -0.1) is 0 Å². The number of amides is 3. The molecule has 3 heterocycles. The Kier molecular flexibility index (Phi) is 10.3. The molecule has 3 aromatic heterocycles. The van der Waals surface area contributed by atoms with E-state index in [1.165, 1.54) is 0 Å². The molecule has 0 saturated heterocycles. The molecule has 47 heavy (non-hydrogen) atoms. The molecule has 0 fully saturated rings. The minimum absolute atomic E-state index is 0.254. The molecule has 0 bridgehead atoms. The summed E-state index contributed by atoms with van der Waals surface area (Å²) in [6.45, 7) is 5.82. The van der Waals surface area contributed by atoms with Crippen molar-refractivity contribution in [3.63, 3.8) is 0 Å². The predicted octanol–water partition coefficient (Wildman–Crippen LogP) is 4.72. The highest BCUT2D eigenvalue weighted by Crippen LogP contribution is 2.19. The van der Waals surface area contributed by atoms with Crippen LogP contribution < -0.4 is 21.3 Å². The first-order valence-corrected chi connectivity index (χ1v) is 15.2. The van der Waals surface area contributed by atoms with Crippen molar-refractivity contribution in [2.75, 3.05) is 30.3 Å². The molecular weight excluding hydrogens is 598 g/mol. The Morgan fingerprint density at radius 2 is 1.38 bits per heavy atom. The Morgan fingerprint density at radius 1 is 0.766 bits per heavy atom. The van der Waals surface area contributed by atoms with Gasteiger partial charge in [-0.3, -0.25) is 19.4 Å². The van der Waals surface area contributed by atoms with Gasteiger partial charge in [0.05, 0.1) is 17.2 Å². The second kappa shape index (κ2) is 14.9. The fourth-order valence-electron chi connectivity index (χ4n) is 4.96. The number of hydrogen-bond acceptors (Lipinski definition) is 7. The molecule has 242 valence electrons. The first-order chi connectivity index (χ1) is 22.7. The molecule has 0 atom stereocenters. The Hall–Kier alpha value is -5.98. The summed E-state index contributed by atoms with van der Waals surface area (Å²) in [5.41, 5.74) is 5.39. The Balaban J connectivity index is 1.15. The zero-order valence-electron chi connectivity index (χ0n) is 26.7. The number of benzene rings is 2. The van der Waals surface area contributed by atoms with Crippen LogP contribution in [0.3, 0.4) is 0 Å². The van der Waals surface area contributed by atoms with E-state index in [0.717, 1.165) is 23.5 Å². The summed E-state index contributed by atoms with van der Waals surface area (Å²) in [6, 6.07) is 16.0. The van der Waals surface area contributed by atoms with Gasteiger partial charge in [-0.05, 0) is 71.7 Å². The van der Waals surface area contributed by atoms with Crippen LogP contribution in [0.5, 0.6) is 0 Å². The van der Waals surface area contributed by atoms with Crippen LogP contribution in [0, 0.1) is 0 Å². The lowest BCUT2D eigenvalue weighted by Gasteiger charge is -2.09. The highest BCUT2D eigenvalue weighted by Gasteiger charge is 2.17. The molecular formula is C34H37N9O4. The van der Waals surface area contributed by atoms with Gasteiger partial charge in [0.2, 0.25) is 0 Å². The SMILES string of the molecule is CCN=C(CCNC(=O)c1cc(NC(=O)c2cc(NC(=O)c3ccc(/C=C/c4ccc5nonc5c4)cc3)cn2C)cn1C)NCC. The van der Waals surface area contributed by atoms with Gasteiger partial charge in [-0.1, -0.05) is 30.4 Å². The van der Waals surface area contributed by atoms with Crippen molar-refractivity contribution in [3.05, 3.63) is 95.1 Å². The summed E-state index contributed by atoms with van der Waals surface area (Å²) in [6.07, 6.45) is 7.81. The first-order valence-electron chi connectivity index (χ1n) is 15.2. The molecule has 13 nitrogen and oxygen atoms in total. The molecule has 2 aromatic carbocycles. The minimum atomic E-state index is -0.383. The van der Waals surface area contributed by atoms with E-state index in [4.69, 9.17) is 4.63 Å².